The Balaban J connectivity index is 2.26. The number of hydrogen-bond donors (Lipinski definition) is 2. The minimum absolute atomic E-state index is 0.0122. The van der Waals surface area contributed by atoms with Gasteiger partial charge in [-0.25, -0.2) is 14.8 Å². The molecule has 0 radical (unpaired) electrons. The van der Waals surface area contributed by atoms with Gasteiger partial charge in [0.25, 0.3) is 5.91 Å². The molecule has 0 saturated carbocycles. The number of carbonyl (C=O) groups is 2. The molecule has 2 rings (SSSR count). The number of hydrogen-bond acceptors (Lipinski definition) is 5. The monoisotopic (exact) mass is 286 g/mol. The van der Waals surface area contributed by atoms with Crippen molar-refractivity contribution in [2.45, 2.75) is 0 Å². The van der Waals surface area contributed by atoms with Gasteiger partial charge < -0.3 is 15.3 Å². The van der Waals surface area contributed by atoms with Crippen LogP contribution in [0.3, 0.4) is 0 Å². The van der Waals surface area contributed by atoms with E-state index in [0.717, 1.165) is 0 Å². The molecule has 0 aliphatic heterocycles. The van der Waals surface area contributed by atoms with E-state index in [4.69, 9.17) is 5.11 Å². The first-order valence-corrected chi connectivity index (χ1v) is 6.12. The number of amides is 1. The zero-order valence-electron chi connectivity index (χ0n) is 11.6. The molecule has 7 heteroatoms. The molecule has 2 aromatic rings. The van der Waals surface area contributed by atoms with E-state index < -0.39 is 11.9 Å². The lowest BCUT2D eigenvalue weighted by atomic mass is 10.2. The number of carboxylic acids is 1. The van der Waals surface area contributed by atoms with E-state index in [1.807, 2.05) is 14.1 Å². The lowest BCUT2D eigenvalue weighted by Crippen LogP contribution is -2.17. The van der Waals surface area contributed by atoms with Gasteiger partial charge in [0, 0.05) is 32.1 Å². The predicted octanol–water partition coefficient (Wildman–Crippen LogP) is 1.49. The van der Waals surface area contributed by atoms with Crippen LogP contribution in [0.1, 0.15) is 20.7 Å². The lowest BCUT2D eigenvalue weighted by Gasteiger charge is -2.12. The van der Waals surface area contributed by atoms with Gasteiger partial charge >= 0.3 is 5.97 Å². The quantitative estimate of drug-likeness (QED) is 0.884. The second-order valence-corrected chi connectivity index (χ2v) is 4.46. The maximum atomic E-state index is 12.2. The van der Waals surface area contributed by atoms with Crippen LogP contribution < -0.4 is 10.2 Å². The van der Waals surface area contributed by atoms with Gasteiger partial charge in [0.2, 0.25) is 0 Å². The first kappa shape index (κ1) is 14.4. The van der Waals surface area contributed by atoms with Crippen LogP contribution in [0.4, 0.5) is 11.6 Å². The molecule has 0 fully saturated rings. The zero-order chi connectivity index (χ0) is 15.4. The minimum atomic E-state index is -1.15. The van der Waals surface area contributed by atoms with Gasteiger partial charge in [-0.3, -0.25) is 4.79 Å². The third-order valence-corrected chi connectivity index (χ3v) is 2.74. The maximum Gasteiger partial charge on any atom is 0.339 e. The lowest BCUT2D eigenvalue weighted by molar-refractivity contribution is 0.0697. The van der Waals surface area contributed by atoms with Gasteiger partial charge in [-0.15, -0.1) is 0 Å². The number of nitrogens with zero attached hydrogens (tertiary/aromatic N) is 3. The summed E-state index contributed by atoms with van der Waals surface area (Å²) in [5, 5.41) is 11.6. The van der Waals surface area contributed by atoms with Gasteiger partial charge in [-0.05, 0) is 24.3 Å². The molecular formula is C14H14N4O3. The first-order valence-electron chi connectivity index (χ1n) is 6.12. The number of nitrogens with one attached hydrogen (secondary N) is 1. The molecule has 2 N–H and O–H groups in total. The molecule has 1 amide bonds. The highest BCUT2D eigenvalue weighted by Crippen LogP contribution is 2.15. The summed E-state index contributed by atoms with van der Waals surface area (Å²) in [7, 11) is 3.62. The van der Waals surface area contributed by atoms with Crippen molar-refractivity contribution in [3.63, 3.8) is 0 Å². The Labute approximate surface area is 121 Å². The van der Waals surface area contributed by atoms with E-state index in [0.29, 0.717) is 11.4 Å². The van der Waals surface area contributed by atoms with Crippen LogP contribution >= 0.6 is 0 Å². The highest BCUT2D eigenvalue weighted by molar-refractivity contribution is 6.07. The van der Waals surface area contributed by atoms with Crippen molar-refractivity contribution in [3.8, 4) is 0 Å². The van der Waals surface area contributed by atoms with E-state index in [1.165, 1.54) is 24.5 Å². The molecule has 0 bridgehead atoms. The number of rotatable bonds is 4. The molecular weight excluding hydrogens is 272 g/mol. The average molecular weight is 286 g/mol. The Morgan fingerprint density at radius 2 is 1.95 bits per heavy atom. The van der Waals surface area contributed by atoms with E-state index in [1.54, 1.807) is 17.0 Å². The molecule has 0 aliphatic rings. The van der Waals surface area contributed by atoms with Crippen molar-refractivity contribution in [1.82, 2.24) is 9.97 Å². The van der Waals surface area contributed by atoms with Crippen LogP contribution in [0.15, 0.2) is 36.7 Å². The van der Waals surface area contributed by atoms with Crippen molar-refractivity contribution >= 4 is 23.5 Å². The van der Waals surface area contributed by atoms with E-state index in [9.17, 15) is 9.59 Å². The van der Waals surface area contributed by atoms with E-state index >= 15 is 0 Å². The Kier molecular flexibility index (Phi) is 4.13. The summed E-state index contributed by atoms with van der Waals surface area (Å²) in [6.45, 7) is 0. The number of aromatic nitrogens is 2. The van der Waals surface area contributed by atoms with Crippen molar-refractivity contribution in [1.29, 1.82) is 0 Å². The molecule has 0 atom stereocenters. The normalized spacial score (nSPS) is 10.0. The largest absolute Gasteiger partial charge is 0.478 e. The highest BCUT2D eigenvalue weighted by atomic mass is 16.4. The Hall–Kier alpha value is -2.96. The fraction of sp³-hybridized carbons (Fsp3) is 0.143. The molecule has 0 unspecified atom stereocenters. The Morgan fingerprint density at radius 3 is 2.62 bits per heavy atom. The molecule has 0 saturated heterocycles. The van der Waals surface area contributed by atoms with Gasteiger partial charge in [0.15, 0.2) is 0 Å². The maximum absolute atomic E-state index is 12.2. The van der Waals surface area contributed by atoms with E-state index in [2.05, 4.69) is 15.3 Å². The Morgan fingerprint density at radius 1 is 1.19 bits per heavy atom. The first-order chi connectivity index (χ1) is 9.99. The summed E-state index contributed by atoms with van der Waals surface area (Å²) in [4.78, 5) is 33.0. The molecule has 0 spiro atoms. The van der Waals surface area contributed by atoms with Crippen LogP contribution in [0.25, 0.3) is 0 Å². The number of carboxylic acid groups (broad SMARTS) is 1. The number of pyridine rings is 2. The van der Waals surface area contributed by atoms with Crippen LogP contribution in [0.5, 0.6) is 0 Å². The molecule has 0 aromatic carbocycles. The van der Waals surface area contributed by atoms with Crippen LogP contribution in [0.2, 0.25) is 0 Å². The summed E-state index contributed by atoms with van der Waals surface area (Å²) >= 11 is 0. The average Bonchev–Trinajstić information content (AvgIpc) is 2.47. The summed E-state index contributed by atoms with van der Waals surface area (Å²) in [5.74, 6) is -0.954. The number of anilines is 2. The van der Waals surface area contributed by atoms with Gasteiger partial charge in [0.1, 0.15) is 17.2 Å². The predicted molar refractivity (Wildman–Crippen MR) is 77.7 cm³/mol. The fourth-order valence-electron chi connectivity index (χ4n) is 1.66. The second kappa shape index (κ2) is 6.00. The zero-order valence-corrected chi connectivity index (χ0v) is 11.6. The summed E-state index contributed by atoms with van der Waals surface area (Å²) in [5.41, 5.74) is 0.309. The van der Waals surface area contributed by atoms with Crippen molar-refractivity contribution < 1.29 is 14.7 Å². The highest BCUT2D eigenvalue weighted by Gasteiger charge is 2.15. The van der Waals surface area contributed by atoms with Crippen LogP contribution in [0, 0.1) is 0 Å². The van der Waals surface area contributed by atoms with E-state index in [-0.39, 0.29) is 11.4 Å². The molecule has 21 heavy (non-hydrogen) atoms. The van der Waals surface area contributed by atoms with Crippen LogP contribution in [-0.4, -0.2) is 41.0 Å². The molecule has 108 valence electrons. The van der Waals surface area contributed by atoms with Gasteiger partial charge in [0.05, 0.1) is 0 Å². The third kappa shape index (κ3) is 3.33. The topological polar surface area (TPSA) is 95.4 Å². The molecule has 2 heterocycles. The van der Waals surface area contributed by atoms with Gasteiger partial charge in [-0.2, -0.15) is 0 Å². The minimum Gasteiger partial charge on any atom is -0.478 e. The summed E-state index contributed by atoms with van der Waals surface area (Å²) < 4.78 is 0. The summed E-state index contributed by atoms with van der Waals surface area (Å²) in [6.07, 6.45) is 2.93. The van der Waals surface area contributed by atoms with Crippen molar-refractivity contribution in [2.24, 2.45) is 0 Å². The Bertz CT molecular complexity index is 685. The van der Waals surface area contributed by atoms with Crippen molar-refractivity contribution in [2.75, 3.05) is 24.3 Å². The standard InChI is InChI=1S/C14H14N4O3/c1-18(2)11-8-9(5-7-15-11)13(19)17-12-10(14(20)21)4-3-6-16-12/h3-8H,1-2H3,(H,20,21)(H,16,17,19). The molecule has 0 aliphatic carbocycles. The number of carbonyl (C=O) groups excluding carboxylic acids is 1. The second-order valence-electron chi connectivity index (χ2n) is 4.46. The third-order valence-electron chi connectivity index (χ3n) is 2.74. The van der Waals surface area contributed by atoms with Crippen molar-refractivity contribution in [3.05, 3.63) is 47.8 Å². The smallest absolute Gasteiger partial charge is 0.339 e. The van der Waals surface area contributed by atoms with Gasteiger partial charge in [-0.1, -0.05) is 0 Å². The SMILES string of the molecule is CN(C)c1cc(C(=O)Nc2ncccc2C(=O)O)ccn1. The molecule has 2 aromatic heterocycles. The fourth-order valence-corrected chi connectivity index (χ4v) is 1.66. The van der Waals surface area contributed by atoms with Crippen LogP contribution in [-0.2, 0) is 0 Å². The number of aromatic carboxylic acids is 1. The summed E-state index contributed by atoms with van der Waals surface area (Å²) in [6, 6.07) is 6.03. The molecule has 7 nitrogen and oxygen atoms in total.